The van der Waals surface area contributed by atoms with Crippen molar-refractivity contribution >= 4 is 0 Å². The fraction of sp³-hybridized carbons (Fsp3) is 0.571. The van der Waals surface area contributed by atoms with Crippen molar-refractivity contribution in [3.05, 3.63) is 29.8 Å². The van der Waals surface area contributed by atoms with E-state index in [0.29, 0.717) is 0 Å². The molecular formula is C14H21NO2. The first-order valence-corrected chi connectivity index (χ1v) is 6.27. The molecule has 17 heavy (non-hydrogen) atoms. The zero-order valence-electron chi connectivity index (χ0n) is 10.4. The van der Waals surface area contributed by atoms with Crippen LogP contribution in [-0.2, 0) is 0 Å². The van der Waals surface area contributed by atoms with E-state index in [0.717, 1.165) is 37.0 Å². The van der Waals surface area contributed by atoms with Crippen LogP contribution in [0.4, 0.5) is 0 Å². The maximum Gasteiger partial charge on any atom is 0.118 e. The SMILES string of the molecule is COc1ccc(C(O)C2(N)CCCCC2)cc1. The fourth-order valence-corrected chi connectivity index (χ4v) is 2.60. The molecule has 0 aliphatic heterocycles. The van der Waals surface area contributed by atoms with Gasteiger partial charge in [0, 0.05) is 5.54 Å². The van der Waals surface area contributed by atoms with Crippen LogP contribution in [0.3, 0.4) is 0 Å². The van der Waals surface area contributed by atoms with Crippen molar-refractivity contribution in [2.75, 3.05) is 7.11 Å². The Kier molecular flexibility index (Phi) is 3.69. The summed E-state index contributed by atoms with van der Waals surface area (Å²) < 4.78 is 5.11. The van der Waals surface area contributed by atoms with Gasteiger partial charge in [-0.25, -0.2) is 0 Å². The van der Waals surface area contributed by atoms with E-state index in [2.05, 4.69) is 0 Å². The van der Waals surface area contributed by atoms with Crippen molar-refractivity contribution in [1.82, 2.24) is 0 Å². The number of aliphatic hydroxyl groups excluding tert-OH is 1. The molecule has 1 atom stereocenters. The average Bonchev–Trinajstić information content (AvgIpc) is 2.39. The van der Waals surface area contributed by atoms with E-state index in [1.54, 1.807) is 7.11 Å². The van der Waals surface area contributed by atoms with Gasteiger partial charge in [0.15, 0.2) is 0 Å². The number of aliphatic hydroxyl groups is 1. The maximum atomic E-state index is 10.4. The quantitative estimate of drug-likeness (QED) is 0.845. The van der Waals surface area contributed by atoms with Gasteiger partial charge >= 0.3 is 0 Å². The Balaban J connectivity index is 2.14. The summed E-state index contributed by atoms with van der Waals surface area (Å²) in [5.41, 5.74) is 6.76. The molecular weight excluding hydrogens is 214 g/mol. The largest absolute Gasteiger partial charge is 0.497 e. The molecule has 1 unspecified atom stereocenters. The first-order valence-electron chi connectivity index (χ1n) is 6.27. The lowest BCUT2D eigenvalue weighted by atomic mass is 9.76. The number of rotatable bonds is 3. The van der Waals surface area contributed by atoms with Crippen molar-refractivity contribution in [2.45, 2.75) is 43.7 Å². The second kappa shape index (κ2) is 5.07. The van der Waals surface area contributed by atoms with Crippen molar-refractivity contribution in [1.29, 1.82) is 0 Å². The minimum Gasteiger partial charge on any atom is -0.497 e. The van der Waals surface area contributed by atoms with Crippen LogP contribution in [0, 0.1) is 0 Å². The summed E-state index contributed by atoms with van der Waals surface area (Å²) in [5.74, 6) is 0.802. The average molecular weight is 235 g/mol. The molecule has 94 valence electrons. The first kappa shape index (κ1) is 12.4. The van der Waals surface area contributed by atoms with Gasteiger partial charge in [-0.3, -0.25) is 0 Å². The van der Waals surface area contributed by atoms with Gasteiger partial charge in [-0.05, 0) is 30.5 Å². The fourth-order valence-electron chi connectivity index (χ4n) is 2.60. The number of ether oxygens (including phenoxy) is 1. The summed E-state index contributed by atoms with van der Waals surface area (Å²) in [6.07, 6.45) is 4.69. The lowest BCUT2D eigenvalue weighted by Gasteiger charge is -2.37. The molecule has 2 rings (SSSR count). The Morgan fingerprint density at radius 2 is 1.76 bits per heavy atom. The molecule has 0 bridgehead atoms. The third-order valence-corrected chi connectivity index (χ3v) is 3.76. The van der Waals surface area contributed by atoms with Gasteiger partial charge in [-0.15, -0.1) is 0 Å². The smallest absolute Gasteiger partial charge is 0.118 e. The minimum absolute atomic E-state index is 0.452. The van der Waals surface area contributed by atoms with Crippen LogP contribution in [0.5, 0.6) is 5.75 Å². The van der Waals surface area contributed by atoms with Crippen LogP contribution in [0.1, 0.15) is 43.8 Å². The zero-order chi connectivity index (χ0) is 12.3. The third kappa shape index (κ3) is 2.61. The standard InChI is InChI=1S/C14H21NO2/c1-17-12-7-5-11(6-8-12)13(16)14(15)9-3-2-4-10-14/h5-8,13,16H,2-4,9-10,15H2,1H3. The van der Waals surface area contributed by atoms with Crippen LogP contribution in [0.25, 0.3) is 0 Å². The molecule has 0 spiro atoms. The van der Waals surface area contributed by atoms with E-state index in [1.165, 1.54) is 6.42 Å². The van der Waals surface area contributed by atoms with Crippen molar-refractivity contribution in [2.24, 2.45) is 5.73 Å². The van der Waals surface area contributed by atoms with Crippen LogP contribution in [0.2, 0.25) is 0 Å². The number of methoxy groups -OCH3 is 1. The van der Waals surface area contributed by atoms with E-state index in [1.807, 2.05) is 24.3 Å². The van der Waals surface area contributed by atoms with E-state index in [9.17, 15) is 5.11 Å². The van der Waals surface area contributed by atoms with Gasteiger partial charge in [0.2, 0.25) is 0 Å². The van der Waals surface area contributed by atoms with Crippen molar-refractivity contribution in [3.63, 3.8) is 0 Å². The molecule has 0 amide bonds. The number of hydrogen-bond donors (Lipinski definition) is 2. The van der Waals surface area contributed by atoms with Gasteiger partial charge in [0.05, 0.1) is 13.2 Å². The summed E-state index contributed by atoms with van der Waals surface area (Å²) >= 11 is 0. The maximum absolute atomic E-state index is 10.4. The van der Waals surface area contributed by atoms with Crippen LogP contribution < -0.4 is 10.5 Å². The van der Waals surface area contributed by atoms with Crippen molar-refractivity contribution < 1.29 is 9.84 Å². The molecule has 0 radical (unpaired) electrons. The third-order valence-electron chi connectivity index (χ3n) is 3.76. The van der Waals surface area contributed by atoms with Gasteiger partial charge < -0.3 is 15.6 Å². The van der Waals surface area contributed by atoms with E-state index in [-0.39, 0.29) is 0 Å². The molecule has 3 heteroatoms. The molecule has 1 aliphatic rings. The predicted octanol–water partition coefficient (Wildman–Crippen LogP) is 2.39. The molecule has 1 aromatic rings. The van der Waals surface area contributed by atoms with Gasteiger partial charge in [-0.2, -0.15) is 0 Å². The summed E-state index contributed by atoms with van der Waals surface area (Å²) in [5, 5.41) is 10.4. The molecule has 3 N–H and O–H groups in total. The Bertz CT molecular complexity index is 355. The minimum atomic E-state index is -0.575. The molecule has 1 aliphatic carbocycles. The first-order chi connectivity index (χ1) is 8.15. The lowest BCUT2D eigenvalue weighted by molar-refractivity contribution is 0.0586. The van der Waals surface area contributed by atoms with Crippen LogP contribution in [-0.4, -0.2) is 17.8 Å². The monoisotopic (exact) mass is 235 g/mol. The van der Waals surface area contributed by atoms with Crippen LogP contribution in [0.15, 0.2) is 24.3 Å². The molecule has 3 nitrogen and oxygen atoms in total. The molecule has 0 aromatic heterocycles. The highest BCUT2D eigenvalue weighted by Crippen LogP contribution is 2.36. The molecule has 1 fully saturated rings. The summed E-state index contributed by atoms with van der Waals surface area (Å²) in [4.78, 5) is 0. The number of benzene rings is 1. The topological polar surface area (TPSA) is 55.5 Å². The zero-order valence-corrected chi connectivity index (χ0v) is 10.4. The predicted molar refractivity (Wildman–Crippen MR) is 68.0 cm³/mol. The summed E-state index contributed by atoms with van der Waals surface area (Å²) in [6.45, 7) is 0. The normalized spacial score (nSPS) is 20.9. The number of nitrogens with two attached hydrogens (primary N) is 1. The van der Waals surface area contributed by atoms with Crippen LogP contribution >= 0.6 is 0 Å². The Morgan fingerprint density at radius 3 is 2.29 bits per heavy atom. The van der Waals surface area contributed by atoms with E-state index >= 15 is 0 Å². The second-order valence-electron chi connectivity index (χ2n) is 4.97. The van der Waals surface area contributed by atoms with Gasteiger partial charge in [-0.1, -0.05) is 31.4 Å². The highest BCUT2D eigenvalue weighted by atomic mass is 16.5. The Morgan fingerprint density at radius 1 is 1.18 bits per heavy atom. The highest BCUT2D eigenvalue weighted by Gasteiger charge is 2.35. The lowest BCUT2D eigenvalue weighted by Crippen LogP contribution is -2.47. The summed E-state index contributed by atoms with van der Waals surface area (Å²) in [6, 6.07) is 7.52. The molecule has 1 aromatic carbocycles. The summed E-state index contributed by atoms with van der Waals surface area (Å²) in [7, 11) is 1.64. The van der Waals surface area contributed by atoms with Crippen molar-refractivity contribution in [3.8, 4) is 5.75 Å². The van der Waals surface area contributed by atoms with Gasteiger partial charge in [0.1, 0.15) is 5.75 Å². The van der Waals surface area contributed by atoms with E-state index in [4.69, 9.17) is 10.5 Å². The van der Waals surface area contributed by atoms with E-state index < -0.39 is 11.6 Å². The molecule has 0 heterocycles. The molecule has 1 saturated carbocycles. The molecule has 0 saturated heterocycles. The Hall–Kier alpha value is -1.06. The highest BCUT2D eigenvalue weighted by molar-refractivity contribution is 5.30. The van der Waals surface area contributed by atoms with Gasteiger partial charge in [0.25, 0.3) is 0 Å². The Labute approximate surface area is 103 Å². The second-order valence-corrected chi connectivity index (χ2v) is 4.97. The number of hydrogen-bond acceptors (Lipinski definition) is 3.